The first-order valence-corrected chi connectivity index (χ1v) is 7.28. The first kappa shape index (κ1) is 12.1. The van der Waals surface area contributed by atoms with Crippen LogP contribution in [0.15, 0.2) is 43.5 Å². The molecule has 0 radical (unpaired) electrons. The summed E-state index contributed by atoms with van der Waals surface area (Å²) in [5.74, 6) is 0. The van der Waals surface area contributed by atoms with Crippen LogP contribution in [-0.2, 0) is 0 Å². The predicted molar refractivity (Wildman–Crippen MR) is 73.0 cm³/mol. The zero-order chi connectivity index (χ0) is 11.5. The van der Waals surface area contributed by atoms with Crippen LogP contribution in [0.4, 0.5) is 0 Å². The minimum Gasteiger partial charge on any atom is -0.324 e. The van der Waals surface area contributed by atoms with E-state index >= 15 is 0 Å². The van der Waals surface area contributed by atoms with E-state index < -0.39 is 0 Å². The molecule has 1 atom stereocenters. The van der Waals surface area contributed by atoms with Crippen molar-refractivity contribution in [2.45, 2.75) is 22.2 Å². The van der Waals surface area contributed by atoms with E-state index in [0.717, 1.165) is 14.4 Å². The highest BCUT2D eigenvalue weighted by atomic mass is 79.9. The Morgan fingerprint density at radius 1 is 1.50 bits per heavy atom. The van der Waals surface area contributed by atoms with Gasteiger partial charge in [0.15, 0.2) is 4.34 Å². The number of hydrogen-bond donors (Lipinski definition) is 1. The lowest BCUT2D eigenvalue weighted by molar-refractivity contribution is 0.796. The Kier molecular flexibility index (Phi) is 4.02. The normalized spacial score (nSPS) is 12.7. The van der Waals surface area contributed by atoms with Crippen molar-refractivity contribution in [2.75, 3.05) is 0 Å². The molecule has 1 unspecified atom stereocenters. The van der Waals surface area contributed by atoms with Crippen molar-refractivity contribution in [1.29, 1.82) is 0 Å². The summed E-state index contributed by atoms with van der Waals surface area (Å²) < 4.78 is 2.10. The van der Waals surface area contributed by atoms with Gasteiger partial charge in [-0.3, -0.25) is 0 Å². The third-order valence-electron chi connectivity index (χ3n) is 2.07. The maximum atomic E-state index is 5.96. The molecule has 0 bridgehead atoms. The van der Waals surface area contributed by atoms with Gasteiger partial charge in [-0.25, -0.2) is 4.98 Å². The Hall–Kier alpha value is -0.360. The molecule has 2 rings (SSSR count). The monoisotopic (exact) mass is 314 g/mol. The van der Waals surface area contributed by atoms with Gasteiger partial charge in [0.25, 0.3) is 0 Å². The second-order valence-electron chi connectivity index (χ2n) is 3.37. The van der Waals surface area contributed by atoms with Gasteiger partial charge >= 0.3 is 0 Å². The highest BCUT2D eigenvalue weighted by Gasteiger charge is 2.10. The molecule has 0 aliphatic heterocycles. The van der Waals surface area contributed by atoms with Crippen LogP contribution in [0.1, 0.15) is 18.5 Å². The average molecular weight is 315 g/mol. The van der Waals surface area contributed by atoms with Crippen molar-refractivity contribution in [3.8, 4) is 0 Å². The van der Waals surface area contributed by atoms with Gasteiger partial charge in [0.05, 0.1) is 0 Å². The van der Waals surface area contributed by atoms with Crippen molar-refractivity contribution < 1.29 is 0 Å². The van der Waals surface area contributed by atoms with Crippen molar-refractivity contribution in [3.05, 3.63) is 39.8 Å². The summed E-state index contributed by atoms with van der Waals surface area (Å²) in [7, 11) is 0. The van der Waals surface area contributed by atoms with Crippen LogP contribution in [0.5, 0.6) is 0 Å². The second kappa shape index (κ2) is 5.31. The fraction of sp³-hybridized carbons (Fsp3) is 0.182. The van der Waals surface area contributed by atoms with Crippen LogP contribution >= 0.6 is 39.0 Å². The Bertz CT molecular complexity index is 469. The van der Waals surface area contributed by atoms with Crippen LogP contribution in [0, 0.1) is 0 Å². The highest BCUT2D eigenvalue weighted by molar-refractivity contribution is 9.10. The van der Waals surface area contributed by atoms with Gasteiger partial charge in [-0.2, -0.15) is 0 Å². The molecule has 0 amide bonds. The molecule has 2 N–H and O–H groups in total. The van der Waals surface area contributed by atoms with E-state index in [1.807, 2.05) is 24.6 Å². The molecule has 5 heteroatoms. The van der Waals surface area contributed by atoms with E-state index in [-0.39, 0.29) is 6.04 Å². The van der Waals surface area contributed by atoms with Crippen LogP contribution in [-0.4, -0.2) is 4.98 Å². The molecule has 0 saturated heterocycles. The second-order valence-corrected chi connectivity index (χ2v) is 6.47. The lowest BCUT2D eigenvalue weighted by Crippen LogP contribution is -2.06. The molecular formula is C11H11BrN2S2. The maximum Gasteiger partial charge on any atom is 0.154 e. The van der Waals surface area contributed by atoms with Gasteiger partial charge in [-0.15, -0.1) is 11.3 Å². The fourth-order valence-corrected chi connectivity index (χ4v) is 3.49. The van der Waals surface area contributed by atoms with E-state index in [0.29, 0.717) is 0 Å². The summed E-state index contributed by atoms with van der Waals surface area (Å²) in [6, 6.07) is 6.21. The highest BCUT2D eigenvalue weighted by Crippen LogP contribution is 2.35. The SMILES string of the molecule is CC(N)c1cc(Br)ccc1Sc1nccs1. The Morgan fingerprint density at radius 3 is 2.94 bits per heavy atom. The quantitative estimate of drug-likeness (QED) is 0.928. The molecule has 0 aliphatic carbocycles. The van der Waals surface area contributed by atoms with Gasteiger partial charge in [-0.1, -0.05) is 27.7 Å². The maximum absolute atomic E-state index is 5.96. The van der Waals surface area contributed by atoms with Crippen molar-refractivity contribution in [2.24, 2.45) is 5.73 Å². The molecule has 1 aromatic heterocycles. The van der Waals surface area contributed by atoms with E-state index in [4.69, 9.17) is 5.73 Å². The standard InChI is InChI=1S/C11H11BrN2S2/c1-7(13)9-6-8(12)2-3-10(9)16-11-14-4-5-15-11/h2-7H,13H2,1H3. The predicted octanol–water partition coefficient (Wildman–Crippen LogP) is 4.08. The summed E-state index contributed by atoms with van der Waals surface area (Å²) in [5, 5.41) is 1.98. The molecular weight excluding hydrogens is 304 g/mol. The molecule has 0 spiro atoms. The summed E-state index contributed by atoms with van der Waals surface area (Å²) in [6.07, 6.45) is 1.82. The molecule has 1 heterocycles. The molecule has 2 nitrogen and oxygen atoms in total. The number of rotatable bonds is 3. The van der Waals surface area contributed by atoms with Crippen LogP contribution < -0.4 is 5.73 Å². The average Bonchev–Trinajstić information content (AvgIpc) is 2.73. The minimum atomic E-state index is 0.0277. The Balaban J connectivity index is 2.33. The summed E-state index contributed by atoms with van der Waals surface area (Å²) >= 11 is 6.77. The zero-order valence-electron chi connectivity index (χ0n) is 8.68. The van der Waals surface area contributed by atoms with E-state index in [2.05, 4.69) is 33.0 Å². The van der Waals surface area contributed by atoms with Crippen molar-refractivity contribution in [3.63, 3.8) is 0 Å². The smallest absolute Gasteiger partial charge is 0.154 e. The third kappa shape index (κ3) is 2.85. The summed E-state index contributed by atoms with van der Waals surface area (Å²) in [6.45, 7) is 1.99. The number of nitrogens with two attached hydrogens (primary N) is 1. The van der Waals surface area contributed by atoms with Crippen molar-refractivity contribution in [1.82, 2.24) is 4.98 Å². The topological polar surface area (TPSA) is 38.9 Å². The van der Waals surface area contributed by atoms with Gasteiger partial charge in [0.2, 0.25) is 0 Å². The zero-order valence-corrected chi connectivity index (χ0v) is 11.9. The molecule has 0 fully saturated rings. The lowest BCUT2D eigenvalue weighted by Gasteiger charge is -2.11. The Labute approximate surface area is 111 Å². The van der Waals surface area contributed by atoms with Gasteiger partial charge in [0, 0.05) is 27.0 Å². The third-order valence-corrected chi connectivity index (χ3v) is 4.54. The number of thiazole rings is 1. The summed E-state index contributed by atoms with van der Waals surface area (Å²) in [5.41, 5.74) is 7.11. The van der Waals surface area contributed by atoms with Crippen LogP contribution in [0.25, 0.3) is 0 Å². The first-order chi connectivity index (χ1) is 7.66. The molecule has 16 heavy (non-hydrogen) atoms. The molecule has 0 aliphatic rings. The fourth-order valence-electron chi connectivity index (χ4n) is 1.32. The van der Waals surface area contributed by atoms with Crippen molar-refractivity contribution >= 4 is 39.0 Å². The van der Waals surface area contributed by atoms with Crippen LogP contribution in [0.2, 0.25) is 0 Å². The van der Waals surface area contributed by atoms with Gasteiger partial charge in [0.1, 0.15) is 0 Å². The van der Waals surface area contributed by atoms with E-state index in [1.54, 1.807) is 23.1 Å². The molecule has 0 saturated carbocycles. The van der Waals surface area contributed by atoms with Gasteiger partial charge in [-0.05, 0) is 30.7 Å². The van der Waals surface area contributed by atoms with E-state index in [1.165, 1.54) is 4.90 Å². The largest absolute Gasteiger partial charge is 0.324 e. The number of hydrogen-bond acceptors (Lipinski definition) is 4. The number of halogens is 1. The van der Waals surface area contributed by atoms with Crippen LogP contribution in [0.3, 0.4) is 0 Å². The number of aromatic nitrogens is 1. The minimum absolute atomic E-state index is 0.0277. The Morgan fingerprint density at radius 2 is 2.31 bits per heavy atom. The first-order valence-electron chi connectivity index (χ1n) is 4.79. The number of nitrogens with zero attached hydrogens (tertiary/aromatic N) is 1. The summed E-state index contributed by atoms with van der Waals surface area (Å²) in [4.78, 5) is 5.44. The van der Waals surface area contributed by atoms with Gasteiger partial charge < -0.3 is 5.73 Å². The molecule has 2 aromatic rings. The lowest BCUT2D eigenvalue weighted by atomic mass is 10.1. The molecule has 1 aromatic carbocycles. The van der Waals surface area contributed by atoms with E-state index in [9.17, 15) is 0 Å². The number of benzene rings is 1. The molecule has 84 valence electrons.